The van der Waals surface area contributed by atoms with Crippen LogP contribution < -0.4 is 19.8 Å². The lowest BCUT2D eigenvalue weighted by Crippen LogP contribution is -2.31. The summed E-state index contributed by atoms with van der Waals surface area (Å²) in [6.07, 6.45) is 6.89. The molecule has 480 valence electrons. The number of aromatic amines is 1. The van der Waals surface area contributed by atoms with Gasteiger partial charge in [-0.3, -0.25) is 4.79 Å². The number of sulfone groups is 1. The van der Waals surface area contributed by atoms with Gasteiger partial charge in [-0.1, -0.05) is 85.4 Å². The van der Waals surface area contributed by atoms with Crippen LogP contribution in [0.1, 0.15) is 105 Å². The van der Waals surface area contributed by atoms with Gasteiger partial charge in [0.2, 0.25) is 21.5 Å². The molecule has 2 N–H and O–H groups in total. The largest absolute Gasteiger partial charge is 0.497 e. The van der Waals surface area contributed by atoms with E-state index in [1.54, 1.807) is 99.4 Å². The minimum absolute atomic E-state index is 0. The van der Waals surface area contributed by atoms with Gasteiger partial charge >= 0.3 is 12.3 Å². The monoisotopic (exact) mass is 1280 g/mol. The van der Waals surface area contributed by atoms with Crippen LogP contribution in [0, 0.1) is 23.3 Å². The van der Waals surface area contributed by atoms with Crippen LogP contribution in [-0.2, 0) is 77.8 Å². The summed E-state index contributed by atoms with van der Waals surface area (Å²) in [5.41, 5.74) is 9.90. The summed E-state index contributed by atoms with van der Waals surface area (Å²) in [6.45, 7) is 12.4. The predicted molar refractivity (Wildman–Crippen MR) is 334 cm³/mol. The Bertz CT molecular complexity index is 3920. The summed E-state index contributed by atoms with van der Waals surface area (Å²) in [4.78, 5) is 50.0. The first-order valence-corrected chi connectivity index (χ1v) is 31.2. The number of aliphatic hydroxyl groups is 1. The zero-order valence-electron chi connectivity index (χ0n) is 50.7. The third kappa shape index (κ3) is 22.0. The quantitative estimate of drug-likeness (QED) is 0.0637. The number of sulfonamides is 1. The van der Waals surface area contributed by atoms with Crippen LogP contribution >= 0.6 is 0 Å². The molecule has 0 aliphatic heterocycles. The highest BCUT2D eigenvalue weighted by molar-refractivity contribution is 7.90. The molecule has 0 spiro atoms. The molecule has 0 bridgehead atoms. The van der Waals surface area contributed by atoms with Crippen molar-refractivity contribution in [1.82, 2.24) is 14.3 Å². The number of methoxy groups -OCH3 is 2. The van der Waals surface area contributed by atoms with Gasteiger partial charge in [-0.2, -0.15) is 23.5 Å². The van der Waals surface area contributed by atoms with Gasteiger partial charge in [-0.25, -0.2) is 39.4 Å². The molecule has 0 aliphatic rings. The van der Waals surface area contributed by atoms with Crippen molar-refractivity contribution in [3.05, 3.63) is 224 Å². The Hall–Kier alpha value is -8.88. The molecular formula is C68H75F4N3O13S2. The number of rotatable bonds is 21. The SMILES string of the molecule is C.CCc1c(-c2cc[nH]c(=O)c2)cc(F)cc1C(C)C.CCc1c(-c2ccnc(OCCc3ccc(F)c(S(C)(=O)=O)c3)c2)cc(F)cc1C(C)C.COc1ccc(CN(Cc2ccc(OC)cc2)S(=O)(=O)c2cc(CCO)ccc2F)cc1.O=C=O.O=C=O. The summed E-state index contributed by atoms with van der Waals surface area (Å²) in [7, 11) is -4.73. The van der Waals surface area contributed by atoms with Crippen LogP contribution in [0.2, 0.25) is 0 Å². The van der Waals surface area contributed by atoms with Crippen LogP contribution in [0.25, 0.3) is 22.3 Å². The van der Waals surface area contributed by atoms with Crippen molar-refractivity contribution in [3.8, 4) is 39.6 Å². The number of carbonyl (C=O) groups excluding carboxylic acids is 4. The number of hydrogen-bond donors (Lipinski definition) is 2. The van der Waals surface area contributed by atoms with E-state index in [0.29, 0.717) is 34.9 Å². The van der Waals surface area contributed by atoms with Crippen molar-refractivity contribution < 1.29 is 72.9 Å². The average molecular weight is 1280 g/mol. The lowest BCUT2D eigenvalue weighted by atomic mass is 9.89. The fraction of sp³-hybridized carbons (Fsp3) is 0.294. The van der Waals surface area contributed by atoms with Crippen LogP contribution in [0.4, 0.5) is 17.6 Å². The number of aliphatic hydroxyl groups excluding tert-OH is 1. The van der Waals surface area contributed by atoms with E-state index in [2.05, 4.69) is 37.7 Å². The highest BCUT2D eigenvalue weighted by atomic mass is 32.2. The molecule has 0 atom stereocenters. The summed E-state index contributed by atoms with van der Waals surface area (Å²) < 4.78 is 124. The van der Waals surface area contributed by atoms with Crippen molar-refractivity contribution >= 4 is 32.2 Å². The standard InChI is InChI=1S/C25H27F2NO3S.C24H26FNO5S.C16H18FNO.2CO2.CH4/c1-5-20-21(16(2)3)14-19(26)15-22(20)18-8-10-28-25(13-18)31-11-9-17-6-7-23(27)24(12-17)32(4,29)30;1-30-21-8-3-19(4-9-21)16-26(17-20-5-10-22(31-2)11-6-20)32(28,29)24-15-18(13-14-27)7-12-23(24)25;1-4-13-14(10(2)3)8-12(17)9-15(13)11-5-6-18-16(19)7-11;2*2-1-3;/h6-8,10,12-16H,5,9,11H2,1-4H3;3-12,15,27H,13-14,16-17H2,1-2H3;5-10H,4H2,1-3H3,(H,18,19);;;1H4. The lowest BCUT2D eigenvalue weighted by molar-refractivity contribution is -0.193. The van der Waals surface area contributed by atoms with E-state index in [0.717, 1.165) is 86.9 Å². The maximum absolute atomic E-state index is 14.6. The summed E-state index contributed by atoms with van der Waals surface area (Å²) in [5, 5.41) is 9.19. The zero-order valence-corrected chi connectivity index (χ0v) is 52.4. The lowest BCUT2D eigenvalue weighted by Gasteiger charge is -2.23. The van der Waals surface area contributed by atoms with Crippen molar-refractivity contribution in [2.75, 3.05) is 33.7 Å². The first kappa shape index (κ1) is 75.4. The Kier molecular flexibility index (Phi) is 30.6. The van der Waals surface area contributed by atoms with Gasteiger partial charge in [-0.05, 0) is 183 Å². The third-order valence-corrected chi connectivity index (χ3v) is 16.6. The second-order valence-corrected chi connectivity index (χ2v) is 24.3. The van der Waals surface area contributed by atoms with E-state index < -0.39 is 36.4 Å². The Labute approximate surface area is 523 Å². The minimum Gasteiger partial charge on any atom is -0.497 e. The number of halogens is 4. The Morgan fingerprint density at radius 3 is 1.44 bits per heavy atom. The van der Waals surface area contributed by atoms with Crippen LogP contribution in [-0.4, -0.2) is 82.2 Å². The highest BCUT2D eigenvalue weighted by Gasteiger charge is 2.29. The predicted octanol–water partition coefficient (Wildman–Crippen LogP) is 12.8. The number of nitrogens with one attached hydrogen (secondary N) is 1. The van der Waals surface area contributed by atoms with E-state index in [1.807, 2.05) is 19.9 Å². The Morgan fingerprint density at radius 2 is 1.02 bits per heavy atom. The molecule has 8 rings (SSSR count). The van der Waals surface area contributed by atoms with Gasteiger partial charge < -0.3 is 24.3 Å². The molecule has 0 amide bonds. The van der Waals surface area contributed by atoms with Crippen LogP contribution in [0.3, 0.4) is 0 Å². The molecule has 0 fully saturated rings. The molecule has 0 unspecified atom stereocenters. The molecule has 22 heteroatoms. The van der Waals surface area contributed by atoms with E-state index in [-0.39, 0.29) is 86.4 Å². The number of benzene rings is 6. The van der Waals surface area contributed by atoms with E-state index in [4.69, 9.17) is 33.4 Å². The minimum atomic E-state index is -4.19. The molecule has 0 aliphatic carbocycles. The molecule has 90 heavy (non-hydrogen) atoms. The average Bonchev–Trinajstić information content (AvgIpc) is 1.91. The van der Waals surface area contributed by atoms with Crippen molar-refractivity contribution in [2.45, 2.75) is 109 Å². The van der Waals surface area contributed by atoms with E-state index in [1.165, 1.54) is 46.8 Å². The second-order valence-electron chi connectivity index (χ2n) is 20.4. The number of hydrogen-bond acceptors (Lipinski definition) is 14. The number of H-pyrrole nitrogens is 1. The Balaban J connectivity index is 0.000000345. The normalized spacial score (nSPS) is 10.8. The smallest absolute Gasteiger partial charge is 0.373 e. The second kappa shape index (κ2) is 36.6. The molecule has 2 heterocycles. The maximum atomic E-state index is 14.6. The number of ether oxygens (including phenoxy) is 3. The topological polar surface area (TPSA) is 233 Å². The van der Waals surface area contributed by atoms with Crippen molar-refractivity contribution in [2.24, 2.45) is 0 Å². The number of nitrogens with zero attached hydrogens (tertiary/aromatic N) is 2. The molecule has 6 aromatic carbocycles. The van der Waals surface area contributed by atoms with Crippen molar-refractivity contribution in [1.29, 1.82) is 0 Å². The molecule has 0 saturated carbocycles. The van der Waals surface area contributed by atoms with Crippen LogP contribution in [0.15, 0.2) is 160 Å². The molecule has 0 saturated heterocycles. The van der Waals surface area contributed by atoms with Gasteiger partial charge in [0, 0.05) is 56.9 Å². The van der Waals surface area contributed by atoms with Crippen LogP contribution in [0.5, 0.6) is 17.4 Å². The fourth-order valence-corrected chi connectivity index (χ4v) is 11.8. The molecule has 0 radical (unpaired) electrons. The summed E-state index contributed by atoms with van der Waals surface area (Å²) in [6, 6.07) is 35.1. The molecule has 16 nitrogen and oxygen atoms in total. The fourth-order valence-electron chi connectivity index (χ4n) is 9.44. The van der Waals surface area contributed by atoms with Gasteiger partial charge in [0.1, 0.15) is 44.6 Å². The number of pyridine rings is 2. The first-order valence-electron chi connectivity index (χ1n) is 27.9. The molecule has 8 aromatic rings. The first-order chi connectivity index (χ1) is 42.3. The van der Waals surface area contributed by atoms with Gasteiger partial charge in [0.25, 0.3) is 0 Å². The van der Waals surface area contributed by atoms with Gasteiger partial charge in [-0.15, -0.1) is 0 Å². The Morgan fingerprint density at radius 1 is 0.589 bits per heavy atom. The molecule has 2 aromatic heterocycles. The molecular weight excluding hydrogens is 1210 g/mol. The van der Waals surface area contributed by atoms with Gasteiger partial charge in [0.05, 0.1) is 20.8 Å². The number of aromatic nitrogens is 2. The van der Waals surface area contributed by atoms with Crippen molar-refractivity contribution in [3.63, 3.8) is 0 Å². The van der Waals surface area contributed by atoms with E-state index in [9.17, 15) is 44.3 Å². The summed E-state index contributed by atoms with van der Waals surface area (Å²) in [5.74, 6) is 0.00741. The highest BCUT2D eigenvalue weighted by Crippen LogP contribution is 2.35. The zero-order chi connectivity index (χ0) is 66.0. The summed E-state index contributed by atoms with van der Waals surface area (Å²) >= 11 is 0. The third-order valence-electron chi connectivity index (χ3n) is 13.7. The van der Waals surface area contributed by atoms with E-state index >= 15 is 0 Å². The maximum Gasteiger partial charge on any atom is 0.373 e. The van der Waals surface area contributed by atoms with Gasteiger partial charge in [0.15, 0.2) is 9.84 Å².